The van der Waals surface area contributed by atoms with Gasteiger partial charge in [-0.1, -0.05) is 36.4 Å². The van der Waals surface area contributed by atoms with E-state index in [0.717, 1.165) is 36.1 Å². The minimum absolute atomic E-state index is 0.146. The number of benzene rings is 2. The third-order valence-corrected chi connectivity index (χ3v) is 11.7. The summed E-state index contributed by atoms with van der Waals surface area (Å²) in [5.74, 6) is -5.09. The Morgan fingerprint density at radius 1 is 0.851 bits per heavy atom. The van der Waals surface area contributed by atoms with Crippen molar-refractivity contribution >= 4 is 21.7 Å². The summed E-state index contributed by atoms with van der Waals surface area (Å²) in [6.07, 6.45) is -17.5. The Balaban J connectivity index is 1.80. The number of amides is 1. The smallest absolute Gasteiger partial charge is 0.435 e. The molecule has 2 aromatic rings. The fraction of sp³-hybridized carbons (Fsp3) is 0.533. The van der Waals surface area contributed by atoms with Crippen LogP contribution >= 0.6 is 0 Å². The molecule has 0 radical (unpaired) electrons. The van der Waals surface area contributed by atoms with Gasteiger partial charge in [-0.05, 0) is 62.3 Å². The highest BCUT2D eigenvalue weighted by atomic mass is 32.2. The lowest BCUT2D eigenvalue weighted by atomic mass is 9.81. The highest BCUT2D eigenvalue weighted by Gasteiger charge is 2.73. The Morgan fingerprint density at radius 3 is 1.87 bits per heavy atom. The maximum atomic E-state index is 14.8. The van der Waals surface area contributed by atoms with Crippen molar-refractivity contribution in [2.45, 2.75) is 78.8 Å². The molecule has 1 saturated carbocycles. The van der Waals surface area contributed by atoms with Crippen molar-refractivity contribution in [1.29, 1.82) is 0 Å². The molecule has 0 aromatic heterocycles. The van der Waals surface area contributed by atoms with Gasteiger partial charge in [0.1, 0.15) is 4.75 Å². The summed E-state index contributed by atoms with van der Waals surface area (Å²) in [7, 11) is -4.85. The first-order valence-electron chi connectivity index (χ1n) is 14.3. The van der Waals surface area contributed by atoms with Crippen molar-refractivity contribution in [2.75, 3.05) is 13.1 Å². The minimum Gasteiger partial charge on any atom is -0.481 e. The second kappa shape index (κ2) is 12.3. The van der Waals surface area contributed by atoms with Crippen LogP contribution in [0.2, 0.25) is 0 Å². The number of carboxylic acid groups (broad SMARTS) is 1. The number of rotatable bonds is 7. The largest absolute Gasteiger partial charge is 0.481 e. The second-order valence-electron chi connectivity index (χ2n) is 12.0. The monoisotopic (exact) mass is 705 g/mol. The number of hydrogen-bond donors (Lipinski definition) is 1. The van der Waals surface area contributed by atoms with Crippen LogP contribution < -0.4 is 0 Å². The highest BCUT2D eigenvalue weighted by molar-refractivity contribution is 7.92. The van der Waals surface area contributed by atoms with E-state index in [0.29, 0.717) is 12.1 Å². The molecule has 2 unspecified atom stereocenters. The number of sulfone groups is 1. The molecule has 2 fully saturated rings. The van der Waals surface area contributed by atoms with Crippen LogP contribution in [0, 0.1) is 11.8 Å². The summed E-state index contributed by atoms with van der Waals surface area (Å²) in [6.45, 7) is -0.153. The van der Waals surface area contributed by atoms with Crippen molar-refractivity contribution < 1.29 is 67.0 Å². The van der Waals surface area contributed by atoms with E-state index in [-0.39, 0.29) is 44.4 Å². The number of likely N-dealkylation sites (tertiary alicyclic amines) is 1. The van der Waals surface area contributed by atoms with Crippen molar-refractivity contribution in [2.24, 2.45) is 11.8 Å². The maximum absolute atomic E-state index is 14.8. The fourth-order valence-corrected chi connectivity index (χ4v) is 8.42. The molecule has 2 aliphatic rings. The van der Waals surface area contributed by atoms with Gasteiger partial charge in [0.25, 0.3) is 0 Å². The van der Waals surface area contributed by atoms with E-state index < -0.39 is 103 Å². The Morgan fingerprint density at radius 2 is 1.38 bits per heavy atom. The lowest BCUT2D eigenvalue weighted by molar-refractivity contribution is -0.348. The van der Waals surface area contributed by atoms with Gasteiger partial charge in [-0.15, -0.1) is 0 Å². The van der Waals surface area contributed by atoms with Crippen molar-refractivity contribution in [3.8, 4) is 0 Å². The van der Waals surface area contributed by atoms with Gasteiger partial charge < -0.3 is 10.0 Å². The summed E-state index contributed by atoms with van der Waals surface area (Å²) in [6, 6.07) is 5.27. The first kappa shape index (κ1) is 36.5. The van der Waals surface area contributed by atoms with Gasteiger partial charge in [0.05, 0.1) is 16.7 Å². The molecule has 0 spiro atoms. The molecule has 1 aliphatic carbocycles. The van der Waals surface area contributed by atoms with Crippen LogP contribution in [-0.2, 0) is 29.8 Å². The second-order valence-corrected chi connectivity index (χ2v) is 14.2. The number of hydrogen-bond acceptors (Lipinski definition) is 4. The van der Waals surface area contributed by atoms with Crippen molar-refractivity contribution in [1.82, 2.24) is 4.90 Å². The molecule has 0 bridgehead atoms. The molecule has 6 nitrogen and oxygen atoms in total. The number of carboxylic acids is 1. The third-order valence-electron chi connectivity index (χ3n) is 9.23. The van der Waals surface area contributed by atoms with Crippen LogP contribution in [0.4, 0.5) is 43.9 Å². The Labute approximate surface area is 262 Å². The van der Waals surface area contributed by atoms with Gasteiger partial charge in [0.2, 0.25) is 5.91 Å². The van der Waals surface area contributed by atoms with Gasteiger partial charge in [-0.3, -0.25) is 9.59 Å². The predicted octanol–water partition coefficient (Wildman–Crippen LogP) is 7.43. The Bertz CT molecular complexity index is 1580. The van der Waals surface area contributed by atoms with E-state index in [1.165, 1.54) is 0 Å². The number of nitrogens with zero attached hydrogens (tertiary/aromatic N) is 1. The van der Waals surface area contributed by atoms with Gasteiger partial charge in [0.15, 0.2) is 9.84 Å². The molecule has 2 atom stereocenters. The van der Waals surface area contributed by atoms with Gasteiger partial charge in [0, 0.05) is 24.6 Å². The maximum Gasteiger partial charge on any atom is 0.435 e. The van der Waals surface area contributed by atoms with Gasteiger partial charge in [-0.25, -0.2) is 12.8 Å². The van der Waals surface area contributed by atoms with Crippen LogP contribution in [0.5, 0.6) is 0 Å². The summed E-state index contributed by atoms with van der Waals surface area (Å²) >= 11 is 0. The average Bonchev–Trinajstić information content (AvgIpc) is 3.46. The van der Waals surface area contributed by atoms with E-state index >= 15 is 0 Å². The lowest BCUT2D eigenvalue weighted by Crippen LogP contribution is -2.50. The van der Waals surface area contributed by atoms with Crippen molar-refractivity contribution in [3.05, 3.63) is 65.2 Å². The molecule has 260 valence electrons. The normalized spacial score (nSPS) is 23.9. The molecule has 1 aliphatic heterocycles. The van der Waals surface area contributed by atoms with Crippen LogP contribution in [0.1, 0.15) is 61.6 Å². The molecule has 1 heterocycles. The summed E-state index contributed by atoms with van der Waals surface area (Å²) < 4.78 is 162. The summed E-state index contributed by atoms with van der Waals surface area (Å²) in [5.41, 5.74) is -8.54. The molecular weight excluding hydrogens is 676 g/mol. The first-order chi connectivity index (χ1) is 21.5. The third kappa shape index (κ3) is 6.43. The average molecular weight is 706 g/mol. The molecule has 1 N–H and O–H groups in total. The van der Waals surface area contributed by atoms with Crippen LogP contribution in [0.15, 0.2) is 53.4 Å². The quantitative estimate of drug-likeness (QED) is 0.303. The standard InChI is InChI=1S/C30H29F10NO5S/c1-17(28(32,33)34)20-3-2-4-23(15-20)47(45,46)26(13-14-41(16-26)24(42)18-5-7-19(8-6-18)25(43)44)21-9-11-22(12-10-21)27(31,29(35,36)37)30(38,39)40/h2-4,9-12,15,17-19H,5-8,13-14,16H2,1H3,(H,43,44). The molecule has 1 amide bonds. The Kier molecular flexibility index (Phi) is 9.51. The number of aliphatic carboxylic acids is 1. The van der Waals surface area contributed by atoms with Crippen LogP contribution in [0.3, 0.4) is 0 Å². The van der Waals surface area contributed by atoms with E-state index in [9.17, 15) is 67.0 Å². The number of alkyl halides is 10. The van der Waals surface area contributed by atoms with Gasteiger partial charge in [-0.2, -0.15) is 39.5 Å². The van der Waals surface area contributed by atoms with Crippen molar-refractivity contribution in [3.63, 3.8) is 0 Å². The highest BCUT2D eigenvalue weighted by Crippen LogP contribution is 2.54. The fourth-order valence-electron chi connectivity index (χ4n) is 6.28. The van der Waals surface area contributed by atoms with Crippen LogP contribution in [0.25, 0.3) is 0 Å². The molecule has 2 aromatic carbocycles. The summed E-state index contributed by atoms with van der Waals surface area (Å²) in [4.78, 5) is 25.3. The minimum atomic E-state index is -6.44. The summed E-state index contributed by atoms with van der Waals surface area (Å²) in [5, 5.41) is 9.25. The zero-order chi connectivity index (χ0) is 35.4. The Hall–Kier alpha value is -3.37. The van der Waals surface area contributed by atoms with Crippen LogP contribution in [-0.4, -0.2) is 61.9 Å². The first-order valence-corrected chi connectivity index (χ1v) is 15.8. The topological polar surface area (TPSA) is 91.8 Å². The number of carbonyl (C=O) groups is 2. The zero-order valence-corrected chi connectivity index (χ0v) is 25.3. The molecule has 1 saturated heterocycles. The SMILES string of the molecule is CC(c1cccc(S(=O)(=O)C2(c3ccc(C(F)(C(F)(F)F)C(F)(F)F)cc3)CCN(C(=O)C3CCC(C(=O)O)CC3)C2)c1)C(F)(F)F. The molecule has 4 rings (SSSR count). The number of carbonyl (C=O) groups excluding carboxylic acids is 1. The molecular formula is C30H29F10NO5S. The van der Waals surface area contributed by atoms with E-state index in [1.54, 1.807) is 0 Å². The molecule has 47 heavy (non-hydrogen) atoms. The zero-order valence-electron chi connectivity index (χ0n) is 24.5. The van der Waals surface area contributed by atoms with E-state index in [4.69, 9.17) is 0 Å². The lowest BCUT2D eigenvalue weighted by Gasteiger charge is -2.33. The number of halogens is 10. The molecule has 17 heteroatoms. The van der Waals surface area contributed by atoms with Gasteiger partial charge >= 0.3 is 30.2 Å². The van der Waals surface area contributed by atoms with E-state index in [1.807, 2.05) is 0 Å². The predicted molar refractivity (Wildman–Crippen MR) is 145 cm³/mol. The van der Waals surface area contributed by atoms with E-state index in [2.05, 4.69) is 0 Å².